The summed E-state index contributed by atoms with van der Waals surface area (Å²) in [4.78, 5) is 4.40. The molecule has 0 bridgehead atoms. The summed E-state index contributed by atoms with van der Waals surface area (Å²) >= 11 is 6.98. The molecule has 2 rings (SSSR count). The Morgan fingerprint density at radius 1 is 1.26 bits per heavy atom. The van der Waals surface area contributed by atoms with Crippen molar-refractivity contribution in [2.75, 3.05) is 0 Å². The van der Waals surface area contributed by atoms with Crippen LogP contribution in [0.5, 0.6) is 0 Å². The fourth-order valence-electron chi connectivity index (χ4n) is 2.08. The molecular formula is C14H17Br2N3. The maximum Gasteiger partial charge on any atom is 0.110 e. The first kappa shape index (κ1) is 14.8. The molecule has 102 valence electrons. The van der Waals surface area contributed by atoms with Gasteiger partial charge in [-0.3, -0.25) is 0 Å². The van der Waals surface area contributed by atoms with Gasteiger partial charge < -0.3 is 10.3 Å². The molecule has 3 nitrogen and oxygen atoms in total. The summed E-state index contributed by atoms with van der Waals surface area (Å²) in [6.45, 7) is 3.15. The molecule has 1 aromatic heterocycles. The highest BCUT2D eigenvalue weighted by Crippen LogP contribution is 2.24. The van der Waals surface area contributed by atoms with Gasteiger partial charge in [0.05, 0.1) is 0 Å². The molecule has 0 spiro atoms. The van der Waals surface area contributed by atoms with Crippen molar-refractivity contribution >= 4 is 31.9 Å². The van der Waals surface area contributed by atoms with Crippen LogP contribution in [-0.2, 0) is 13.0 Å². The van der Waals surface area contributed by atoms with Gasteiger partial charge in [0.1, 0.15) is 5.82 Å². The summed E-state index contributed by atoms with van der Waals surface area (Å²) in [5.74, 6) is 1.05. The van der Waals surface area contributed by atoms with Crippen LogP contribution >= 0.6 is 31.9 Å². The number of nitrogens with zero attached hydrogens (tertiary/aromatic N) is 2. The lowest BCUT2D eigenvalue weighted by Gasteiger charge is -2.14. The number of halogens is 2. The van der Waals surface area contributed by atoms with Crippen LogP contribution in [0.2, 0.25) is 0 Å². The molecule has 1 heterocycles. The van der Waals surface area contributed by atoms with Crippen molar-refractivity contribution in [2.45, 2.75) is 32.4 Å². The van der Waals surface area contributed by atoms with E-state index in [2.05, 4.69) is 60.5 Å². The predicted molar refractivity (Wildman–Crippen MR) is 85.0 cm³/mol. The third-order valence-corrected chi connectivity index (χ3v) is 3.90. The number of aryl methyl sites for hydroxylation is 1. The Morgan fingerprint density at radius 2 is 1.95 bits per heavy atom. The molecule has 0 saturated carbocycles. The van der Waals surface area contributed by atoms with Crippen LogP contribution in [0.3, 0.4) is 0 Å². The summed E-state index contributed by atoms with van der Waals surface area (Å²) in [5.41, 5.74) is 7.40. The number of aromatic nitrogens is 2. The van der Waals surface area contributed by atoms with Gasteiger partial charge in [-0.15, -0.1) is 0 Å². The first-order chi connectivity index (χ1) is 9.10. The monoisotopic (exact) mass is 385 g/mol. The molecular weight excluding hydrogens is 370 g/mol. The van der Waals surface area contributed by atoms with E-state index in [0.29, 0.717) is 0 Å². The van der Waals surface area contributed by atoms with E-state index in [1.54, 1.807) is 0 Å². The standard InChI is InChI=1S/C14H17Br2N3/c1-2-4-19-5-3-18-14(19)9-13(17)10-6-11(15)8-12(16)7-10/h3,5-8,13H,2,4,9,17H2,1H3. The molecule has 0 saturated heterocycles. The quantitative estimate of drug-likeness (QED) is 0.841. The second kappa shape index (κ2) is 6.68. The maximum atomic E-state index is 6.29. The van der Waals surface area contributed by atoms with E-state index in [1.165, 1.54) is 0 Å². The zero-order valence-corrected chi connectivity index (χ0v) is 14.0. The minimum Gasteiger partial charge on any atom is -0.335 e. The molecule has 0 amide bonds. The van der Waals surface area contributed by atoms with Gasteiger partial charge >= 0.3 is 0 Å². The van der Waals surface area contributed by atoms with Gasteiger partial charge in [0.15, 0.2) is 0 Å². The summed E-state index contributed by atoms with van der Waals surface area (Å²) in [5, 5.41) is 0. The molecule has 2 N–H and O–H groups in total. The SMILES string of the molecule is CCCn1ccnc1CC(N)c1cc(Br)cc(Br)c1. The number of imidazole rings is 1. The van der Waals surface area contributed by atoms with Gasteiger partial charge in [0, 0.05) is 40.3 Å². The highest BCUT2D eigenvalue weighted by Gasteiger charge is 2.12. The lowest BCUT2D eigenvalue weighted by atomic mass is 10.0. The fraction of sp³-hybridized carbons (Fsp3) is 0.357. The molecule has 1 aromatic carbocycles. The zero-order valence-electron chi connectivity index (χ0n) is 10.8. The van der Waals surface area contributed by atoms with Gasteiger partial charge in [-0.05, 0) is 30.2 Å². The van der Waals surface area contributed by atoms with E-state index in [4.69, 9.17) is 5.73 Å². The van der Waals surface area contributed by atoms with Gasteiger partial charge in [-0.1, -0.05) is 38.8 Å². The molecule has 1 unspecified atom stereocenters. The Kier molecular flexibility index (Phi) is 5.19. The first-order valence-corrected chi connectivity index (χ1v) is 7.90. The van der Waals surface area contributed by atoms with Crippen molar-refractivity contribution < 1.29 is 0 Å². The Labute approximate surface area is 130 Å². The van der Waals surface area contributed by atoms with Crippen LogP contribution in [0, 0.1) is 0 Å². The molecule has 0 aliphatic carbocycles. The average molecular weight is 387 g/mol. The minimum absolute atomic E-state index is 0.0493. The van der Waals surface area contributed by atoms with Gasteiger partial charge in [0.2, 0.25) is 0 Å². The summed E-state index contributed by atoms with van der Waals surface area (Å²) in [7, 11) is 0. The van der Waals surface area contributed by atoms with E-state index < -0.39 is 0 Å². The van der Waals surface area contributed by atoms with Crippen LogP contribution in [0.25, 0.3) is 0 Å². The summed E-state index contributed by atoms with van der Waals surface area (Å²) < 4.78 is 4.24. The predicted octanol–water partition coefficient (Wildman–Crippen LogP) is 4.06. The first-order valence-electron chi connectivity index (χ1n) is 6.31. The van der Waals surface area contributed by atoms with E-state index in [-0.39, 0.29) is 6.04 Å². The Bertz CT molecular complexity index is 531. The Balaban J connectivity index is 2.15. The van der Waals surface area contributed by atoms with Gasteiger partial charge in [-0.25, -0.2) is 4.98 Å². The zero-order chi connectivity index (χ0) is 13.8. The number of hydrogen-bond donors (Lipinski definition) is 1. The van der Waals surface area contributed by atoms with E-state index in [0.717, 1.165) is 39.7 Å². The van der Waals surface area contributed by atoms with Crippen LogP contribution < -0.4 is 5.73 Å². The maximum absolute atomic E-state index is 6.29. The largest absolute Gasteiger partial charge is 0.335 e. The average Bonchev–Trinajstić information content (AvgIpc) is 2.76. The third-order valence-electron chi connectivity index (χ3n) is 2.98. The highest BCUT2D eigenvalue weighted by atomic mass is 79.9. The fourth-order valence-corrected chi connectivity index (χ4v) is 3.41. The van der Waals surface area contributed by atoms with Gasteiger partial charge in [0.25, 0.3) is 0 Å². The molecule has 0 aliphatic heterocycles. The number of nitrogens with two attached hydrogens (primary N) is 1. The molecule has 0 aliphatic rings. The van der Waals surface area contributed by atoms with E-state index >= 15 is 0 Å². The molecule has 2 aromatic rings. The van der Waals surface area contributed by atoms with Crippen molar-refractivity contribution in [3.8, 4) is 0 Å². The van der Waals surface area contributed by atoms with Crippen LogP contribution in [0.15, 0.2) is 39.5 Å². The van der Waals surface area contributed by atoms with Crippen molar-refractivity contribution in [3.05, 3.63) is 50.9 Å². The van der Waals surface area contributed by atoms with Crippen molar-refractivity contribution in [1.82, 2.24) is 9.55 Å². The molecule has 19 heavy (non-hydrogen) atoms. The summed E-state index contributed by atoms with van der Waals surface area (Å²) in [6.07, 6.45) is 5.70. The minimum atomic E-state index is -0.0493. The van der Waals surface area contributed by atoms with Crippen LogP contribution in [0.1, 0.15) is 30.8 Å². The van der Waals surface area contributed by atoms with Gasteiger partial charge in [-0.2, -0.15) is 0 Å². The second-order valence-electron chi connectivity index (χ2n) is 4.55. The third kappa shape index (κ3) is 3.91. The number of benzene rings is 1. The Hall–Kier alpha value is -0.650. The Morgan fingerprint density at radius 3 is 2.58 bits per heavy atom. The molecule has 5 heteroatoms. The van der Waals surface area contributed by atoms with E-state index in [9.17, 15) is 0 Å². The smallest absolute Gasteiger partial charge is 0.110 e. The topological polar surface area (TPSA) is 43.8 Å². The van der Waals surface area contributed by atoms with Crippen molar-refractivity contribution in [2.24, 2.45) is 5.73 Å². The normalized spacial score (nSPS) is 12.6. The lowest BCUT2D eigenvalue weighted by Crippen LogP contribution is -2.16. The molecule has 1 atom stereocenters. The number of rotatable bonds is 5. The lowest BCUT2D eigenvalue weighted by molar-refractivity contribution is 0.598. The van der Waals surface area contributed by atoms with E-state index in [1.807, 2.05) is 18.5 Å². The van der Waals surface area contributed by atoms with Crippen LogP contribution in [-0.4, -0.2) is 9.55 Å². The highest BCUT2D eigenvalue weighted by molar-refractivity contribution is 9.11. The van der Waals surface area contributed by atoms with Crippen molar-refractivity contribution in [1.29, 1.82) is 0 Å². The van der Waals surface area contributed by atoms with Crippen molar-refractivity contribution in [3.63, 3.8) is 0 Å². The molecule has 0 radical (unpaired) electrons. The van der Waals surface area contributed by atoms with Crippen LogP contribution in [0.4, 0.5) is 0 Å². The number of hydrogen-bond acceptors (Lipinski definition) is 2. The summed E-state index contributed by atoms with van der Waals surface area (Å²) in [6, 6.07) is 6.08. The second-order valence-corrected chi connectivity index (χ2v) is 6.38. The molecule has 0 fully saturated rings.